The van der Waals surface area contributed by atoms with Crippen LogP contribution >= 0.6 is 0 Å². The lowest BCUT2D eigenvalue weighted by Crippen LogP contribution is -2.02. The number of hydrogen-bond donors (Lipinski definition) is 0. The molecule has 0 aliphatic carbocycles. The van der Waals surface area contributed by atoms with Crippen molar-refractivity contribution in [1.29, 1.82) is 0 Å². The van der Waals surface area contributed by atoms with Gasteiger partial charge in [0.1, 0.15) is 0 Å². The van der Waals surface area contributed by atoms with E-state index in [-0.39, 0.29) is 0 Å². The molecule has 6 heteroatoms. The maximum Gasteiger partial charge on any atom is 0.187 e. The van der Waals surface area contributed by atoms with E-state index in [2.05, 4.69) is 190 Å². The van der Waals surface area contributed by atoms with Crippen molar-refractivity contribution in [2.45, 2.75) is 0 Å². The van der Waals surface area contributed by atoms with Gasteiger partial charge in [-0.2, -0.15) is 0 Å². The lowest BCUT2D eigenvalue weighted by atomic mass is 9.99. The normalized spacial score (nSPS) is 11.5. The zero-order valence-corrected chi connectivity index (χ0v) is 33.3. The molecule has 0 aliphatic rings. The van der Waals surface area contributed by atoms with Crippen molar-refractivity contribution in [3.8, 4) is 56.7 Å². The molecular formula is C56H34N6. The van der Waals surface area contributed by atoms with Crippen LogP contribution in [0.5, 0.6) is 0 Å². The average Bonchev–Trinajstić information content (AvgIpc) is 3.87. The van der Waals surface area contributed by atoms with Crippen LogP contribution in [0.1, 0.15) is 0 Å². The van der Waals surface area contributed by atoms with Crippen LogP contribution in [-0.2, 0) is 0 Å². The first kappa shape index (κ1) is 35.3. The van der Waals surface area contributed by atoms with Gasteiger partial charge in [-0.1, -0.05) is 158 Å². The van der Waals surface area contributed by atoms with Crippen LogP contribution in [0.15, 0.2) is 206 Å². The van der Waals surface area contributed by atoms with Crippen LogP contribution in [0.25, 0.3) is 116 Å². The molecule has 3 aromatic heterocycles. The van der Waals surface area contributed by atoms with Gasteiger partial charge in [0, 0.05) is 49.3 Å². The van der Waals surface area contributed by atoms with Crippen molar-refractivity contribution in [1.82, 2.24) is 24.1 Å². The van der Waals surface area contributed by atoms with Gasteiger partial charge in [-0.05, 0) is 65.0 Å². The molecule has 9 aromatic carbocycles. The fourth-order valence-corrected chi connectivity index (χ4v) is 9.33. The first-order chi connectivity index (χ1) is 30.7. The van der Waals surface area contributed by atoms with Gasteiger partial charge in [-0.3, -0.25) is 0 Å². The summed E-state index contributed by atoms with van der Waals surface area (Å²) in [5.41, 5.74) is 11.7. The van der Waals surface area contributed by atoms with Crippen molar-refractivity contribution in [3.05, 3.63) is 218 Å². The second kappa shape index (κ2) is 14.3. The van der Waals surface area contributed by atoms with Crippen LogP contribution in [0.3, 0.4) is 0 Å². The Morgan fingerprint density at radius 1 is 0.387 bits per heavy atom. The Morgan fingerprint density at radius 3 is 1.76 bits per heavy atom. The van der Waals surface area contributed by atoms with Crippen LogP contribution in [0.2, 0.25) is 0 Å². The van der Waals surface area contributed by atoms with E-state index in [0.717, 1.165) is 93.6 Å². The van der Waals surface area contributed by atoms with Crippen LogP contribution in [0, 0.1) is 6.57 Å². The molecule has 0 fully saturated rings. The molecule has 0 N–H and O–H groups in total. The molecule has 62 heavy (non-hydrogen) atoms. The Labute approximate surface area is 357 Å². The Bertz CT molecular complexity index is 3760. The van der Waals surface area contributed by atoms with E-state index >= 15 is 0 Å². The number of hydrogen-bond acceptors (Lipinski definition) is 3. The zero-order valence-electron chi connectivity index (χ0n) is 33.3. The fraction of sp³-hybridized carbons (Fsp3) is 0. The van der Waals surface area contributed by atoms with Gasteiger partial charge in [-0.25, -0.2) is 19.8 Å². The van der Waals surface area contributed by atoms with E-state index in [1.54, 1.807) is 0 Å². The summed E-state index contributed by atoms with van der Waals surface area (Å²) >= 11 is 0. The minimum atomic E-state index is 0.495. The van der Waals surface area contributed by atoms with Gasteiger partial charge in [0.25, 0.3) is 0 Å². The molecule has 0 amide bonds. The van der Waals surface area contributed by atoms with Crippen LogP contribution in [-0.4, -0.2) is 24.1 Å². The van der Waals surface area contributed by atoms with E-state index in [1.807, 2.05) is 30.3 Å². The summed E-state index contributed by atoms with van der Waals surface area (Å²) < 4.78 is 4.70. The lowest BCUT2D eigenvalue weighted by Gasteiger charge is -2.15. The molecule has 12 rings (SSSR count). The second-order valence-corrected chi connectivity index (χ2v) is 15.5. The average molecular weight is 791 g/mol. The summed E-state index contributed by atoms with van der Waals surface area (Å²) in [4.78, 5) is 19.8. The highest BCUT2D eigenvalue weighted by atomic mass is 15.1. The maximum absolute atomic E-state index is 7.85. The largest absolute Gasteiger partial charge is 0.309 e. The van der Waals surface area contributed by atoms with E-state index in [0.29, 0.717) is 23.2 Å². The summed E-state index contributed by atoms with van der Waals surface area (Å²) in [6.07, 6.45) is 0. The summed E-state index contributed by atoms with van der Waals surface area (Å²) in [5, 5.41) is 6.71. The fourth-order valence-electron chi connectivity index (χ4n) is 9.33. The molecule has 3 heterocycles. The summed E-state index contributed by atoms with van der Waals surface area (Å²) in [5.74, 6) is 1.59. The third-order valence-electron chi connectivity index (χ3n) is 12.0. The number of para-hydroxylation sites is 3. The van der Waals surface area contributed by atoms with Gasteiger partial charge in [0.2, 0.25) is 0 Å². The highest BCUT2D eigenvalue weighted by Crippen LogP contribution is 2.44. The van der Waals surface area contributed by atoms with Gasteiger partial charge in [0.05, 0.1) is 34.3 Å². The number of fused-ring (bicyclic) bond motifs is 7. The molecule has 12 aromatic rings. The molecule has 0 spiro atoms. The first-order valence-electron chi connectivity index (χ1n) is 20.7. The molecule has 0 saturated heterocycles. The smallest absolute Gasteiger partial charge is 0.187 e. The molecular weight excluding hydrogens is 757 g/mol. The minimum Gasteiger partial charge on any atom is -0.309 e. The molecule has 0 aliphatic heterocycles. The predicted octanol–water partition coefficient (Wildman–Crippen LogP) is 14.4. The Morgan fingerprint density at radius 2 is 0.935 bits per heavy atom. The molecule has 0 atom stereocenters. The number of benzene rings is 9. The lowest BCUT2D eigenvalue weighted by molar-refractivity contribution is 1.07. The molecule has 0 radical (unpaired) electrons. The molecule has 0 unspecified atom stereocenters. The van der Waals surface area contributed by atoms with Gasteiger partial charge >= 0.3 is 0 Å². The standard InChI is InChI=1S/C56H34N6/c1-57-39-22-12-21-38(35-39)54-58-55(45-29-16-33-49-52(45)43-26-10-11-31-48(43)61(49)40-23-6-3-7-24-40)60-56(59-54)46-30-14-28-44-51-42(37-17-4-2-5-18-37)27-15-34-50(51)62(53(44)46)47-32-13-20-36-19-8-9-25-41(36)47/h2-35H. The minimum absolute atomic E-state index is 0.495. The Kier molecular flexibility index (Phi) is 8.12. The van der Waals surface area contributed by atoms with Crippen molar-refractivity contribution in [2.24, 2.45) is 0 Å². The molecule has 288 valence electrons. The highest BCUT2D eigenvalue weighted by molar-refractivity contribution is 6.20. The van der Waals surface area contributed by atoms with E-state index in [4.69, 9.17) is 21.5 Å². The SMILES string of the molecule is [C-]#[N+]c1cccc(-c2nc(-c3cccc4c3c3ccccc3n4-c3ccccc3)nc(-c3cccc4c5c(-c6ccccc6)cccc5n(-c5cccc6ccccc56)c34)n2)c1. The maximum atomic E-state index is 7.85. The molecule has 0 saturated carbocycles. The Balaban J connectivity index is 1.20. The number of nitrogens with zero attached hydrogens (tertiary/aromatic N) is 6. The van der Waals surface area contributed by atoms with Crippen LogP contribution < -0.4 is 0 Å². The van der Waals surface area contributed by atoms with Crippen molar-refractivity contribution in [3.63, 3.8) is 0 Å². The topological polar surface area (TPSA) is 52.9 Å². The van der Waals surface area contributed by atoms with Crippen molar-refractivity contribution < 1.29 is 0 Å². The number of rotatable bonds is 6. The summed E-state index contributed by atoms with van der Waals surface area (Å²) in [7, 11) is 0. The molecule has 0 bridgehead atoms. The summed E-state index contributed by atoms with van der Waals surface area (Å²) in [6, 6.07) is 71.6. The third-order valence-corrected chi connectivity index (χ3v) is 12.0. The van der Waals surface area contributed by atoms with E-state index in [1.165, 1.54) is 0 Å². The monoisotopic (exact) mass is 790 g/mol. The van der Waals surface area contributed by atoms with Crippen molar-refractivity contribution in [2.75, 3.05) is 0 Å². The second-order valence-electron chi connectivity index (χ2n) is 15.5. The first-order valence-corrected chi connectivity index (χ1v) is 20.7. The van der Waals surface area contributed by atoms with E-state index in [9.17, 15) is 0 Å². The van der Waals surface area contributed by atoms with Crippen molar-refractivity contribution >= 4 is 60.1 Å². The predicted molar refractivity (Wildman–Crippen MR) is 254 cm³/mol. The van der Waals surface area contributed by atoms with Crippen LogP contribution in [0.4, 0.5) is 5.69 Å². The highest BCUT2D eigenvalue weighted by Gasteiger charge is 2.24. The quantitative estimate of drug-likeness (QED) is 0.158. The number of aromatic nitrogens is 5. The van der Waals surface area contributed by atoms with Gasteiger partial charge in [0.15, 0.2) is 23.2 Å². The van der Waals surface area contributed by atoms with Gasteiger partial charge < -0.3 is 9.13 Å². The Hall–Kier alpha value is -8.66. The third kappa shape index (κ3) is 5.53. The van der Waals surface area contributed by atoms with Gasteiger partial charge in [-0.15, -0.1) is 0 Å². The van der Waals surface area contributed by atoms with E-state index < -0.39 is 0 Å². The summed E-state index contributed by atoms with van der Waals surface area (Å²) in [6.45, 7) is 7.85. The zero-order chi connectivity index (χ0) is 41.1. The molecule has 6 nitrogen and oxygen atoms in total.